The number of H-pyrrole nitrogens is 1. The third-order valence-electron chi connectivity index (χ3n) is 7.68. The summed E-state index contributed by atoms with van der Waals surface area (Å²) in [5.41, 5.74) is 2.52. The molecule has 2 amide bonds. The molecule has 9 nitrogen and oxygen atoms in total. The van der Waals surface area contributed by atoms with Crippen LogP contribution in [0.2, 0.25) is 0 Å². The molecule has 208 valence electrons. The zero-order chi connectivity index (χ0) is 27.7. The molecule has 2 saturated carbocycles. The van der Waals surface area contributed by atoms with Gasteiger partial charge in [0, 0.05) is 28.9 Å². The van der Waals surface area contributed by atoms with E-state index in [-0.39, 0.29) is 29.5 Å². The second-order valence-electron chi connectivity index (χ2n) is 10.7. The summed E-state index contributed by atoms with van der Waals surface area (Å²) in [6.07, 6.45) is 2.89. The number of nitrogens with zero attached hydrogens (tertiary/aromatic N) is 2. The van der Waals surface area contributed by atoms with Gasteiger partial charge in [0.25, 0.3) is 12.3 Å². The first-order chi connectivity index (χ1) is 18.7. The highest BCUT2D eigenvalue weighted by Crippen LogP contribution is 2.38. The van der Waals surface area contributed by atoms with Crippen LogP contribution < -0.4 is 15.4 Å². The molecule has 2 aromatic heterocycles. The maximum absolute atomic E-state index is 13.6. The van der Waals surface area contributed by atoms with Crippen LogP contribution in [0.1, 0.15) is 67.1 Å². The molecule has 0 spiro atoms. The molecular formula is C28H33F2N5O4. The molecule has 2 aliphatic carbocycles. The Hall–Kier alpha value is -3.60. The monoisotopic (exact) mass is 541 g/mol. The number of aliphatic hydroxyl groups is 1. The number of fused-ring (bicyclic) bond motifs is 1. The molecule has 0 radical (unpaired) electrons. The molecule has 2 aliphatic rings. The van der Waals surface area contributed by atoms with E-state index in [2.05, 4.69) is 25.6 Å². The molecule has 39 heavy (non-hydrogen) atoms. The van der Waals surface area contributed by atoms with Gasteiger partial charge in [-0.15, -0.1) is 0 Å². The zero-order valence-electron chi connectivity index (χ0n) is 22.0. The van der Waals surface area contributed by atoms with E-state index in [0.717, 1.165) is 12.8 Å². The number of benzene rings is 1. The fourth-order valence-electron chi connectivity index (χ4n) is 5.34. The van der Waals surface area contributed by atoms with Gasteiger partial charge in [0.05, 0.1) is 17.7 Å². The number of rotatable bonds is 9. The lowest BCUT2D eigenvalue weighted by atomic mass is 9.82. The van der Waals surface area contributed by atoms with Gasteiger partial charge >= 0.3 is 0 Å². The Morgan fingerprint density at radius 2 is 1.97 bits per heavy atom. The molecule has 2 fully saturated rings. The molecule has 0 aliphatic heterocycles. The van der Waals surface area contributed by atoms with Crippen molar-refractivity contribution in [1.82, 2.24) is 25.6 Å². The highest BCUT2D eigenvalue weighted by molar-refractivity contribution is 6.09. The van der Waals surface area contributed by atoms with E-state index in [1.54, 1.807) is 13.0 Å². The van der Waals surface area contributed by atoms with Crippen LogP contribution in [0.5, 0.6) is 5.75 Å². The molecule has 0 bridgehead atoms. The minimum absolute atomic E-state index is 0.0525. The summed E-state index contributed by atoms with van der Waals surface area (Å²) < 4.78 is 33.2. The fourth-order valence-corrected chi connectivity index (χ4v) is 5.34. The first-order valence-corrected chi connectivity index (χ1v) is 13.3. The van der Waals surface area contributed by atoms with Crippen LogP contribution in [0.3, 0.4) is 0 Å². The van der Waals surface area contributed by atoms with E-state index in [4.69, 9.17) is 9.84 Å². The van der Waals surface area contributed by atoms with Gasteiger partial charge in [-0.2, -0.15) is 0 Å². The van der Waals surface area contributed by atoms with Crippen molar-refractivity contribution in [2.45, 2.75) is 64.5 Å². The van der Waals surface area contributed by atoms with Crippen molar-refractivity contribution in [3.63, 3.8) is 0 Å². The van der Waals surface area contributed by atoms with Gasteiger partial charge in [0.2, 0.25) is 5.91 Å². The van der Waals surface area contributed by atoms with Crippen LogP contribution in [-0.4, -0.2) is 57.2 Å². The van der Waals surface area contributed by atoms with Gasteiger partial charge in [-0.3, -0.25) is 9.59 Å². The van der Waals surface area contributed by atoms with E-state index >= 15 is 0 Å². The van der Waals surface area contributed by atoms with Gasteiger partial charge in [-0.1, -0.05) is 6.92 Å². The first kappa shape index (κ1) is 27.0. The van der Waals surface area contributed by atoms with Crippen molar-refractivity contribution in [2.24, 2.45) is 11.8 Å². The minimum Gasteiger partial charge on any atom is -0.493 e. The summed E-state index contributed by atoms with van der Waals surface area (Å²) in [6.45, 7) is 3.74. The summed E-state index contributed by atoms with van der Waals surface area (Å²) in [7, 11) is 0. The topological polar surface area (TPSA) is 129 Å². The van der Waals surface area contributed by atoms with Gasteiger partial charge in [-0.25, -0.2) is 18.7 Å². The van der Waals surface area contributed by atoms with E-state index in [0.29, 0.717) is 71.1 Å². The lowest BCUT2D eigenvalue weighted by Crippen LogP contribution is -2.48. The average molecular weight is 542 g/mol. The number of halogens is 2. The van der Waals surface area contributed by atoms with Crippen LogP contribution in [0, 0.1) is 18.8 Å². The second kappa shape index (κ2) is 11.3. The fraction of sp³-hybridized carbons (Fsp3) is 0.500. The number of carbonyl (C=O) groups excluding carboxylic acids is 2. The van der Waals surface area contributed by atoms with Gasteiger partial charge in [-0.05, 0) is 69.1 Å². The predicted molar refractivity (Wildman–Crippen MR) is 141 cm³/mol. The smallest absolute Gasteiger partial charge is 0.263 e. The highest BCUT2D eigenvalue weighted by Gasteiger charge is 2.31. The third-order valence-corrected chi connectivity index (χ3v) is 7.68. The number of nitrogens with one attached hydrogen (secondary N) is 3. The number of aliphatic hydroxyl groups excluding tert-OH is 1. The number of amides is 2. The minimum atomic E-state index is -2.65. The van der Waals surface area contributed by atoms with Crippen LogP contribution in [-0.2, 0) is 4.79 Å². The van der Waals surface area contributed by atoms with Crippen molar-refractivity contribution in [2.75, 3.05) is 13.2 Å². The lowest BCUT2D eigenvalue weighted by Gasteiger charge is -2.34. The largest absolute Gasteiger partial charge is 0.493 e. The third kappa shape index (κ3) is 5.88. The Bertz CT molecular complexity index is 1370. The number of hydrogen-bond acceptors (Lipinski definition) is 6. The van der Waals surface area contributed by atoms with Crippen LogP contribution in [0.15, 0.2) is 24.5 Å². The molecular weight excluding hydrogens is 508 g/mol. The van der Waals surface area contributed by atoms with Crippen molar-refractivity contribution in [3.8, 4) is 17.0 Å². The Morgan fingerprint density at radius 3 is 2.67 bits per heavy atom. The summed E-state index contributed by atoms with van der Waals surface area (Å²) in [4.78, 5) is 37.0. The number of aryl methyl sites for hydroxylation is 1. The number of ether oxygens (including phenoxy) is 1. The average Bonchev–Trinajstić information content (AvgIpc) is 3.68. The SMILES string of the molecule is Cc1[nH]c2c(-c3cc(C(F)F)ccc3OCC3CC3)ncnc2c1C(=O)N[C@H]1CC[C@@H](NC(=O)CO)[C@H](C)C1. The molecule has 11 heteroatoms. The Kier molecular flexibility index (Phi) is 7.79. The second-order valence-corrected chi connectivity index (χ2v) is 10.7. The highest BCUT2D eigenvalue weighted by atomic mass is 19.3. The number of carbonyl (C=O) groups is 2. The maximum atomic E-state index is 13.6. The molecule has 1 aromatic carbocycles. The van der Waals surface area contributed by atoms with E-state index in [9.17, 15) is 18.4 Å². The molecule has 3 atom stereocenters. The Labute approximate surface area is 224 Å². The molecule has 3 aromatic rings. The number of aromatic amines is 1. The van der Waals surface area contributed by atoms with Gasteiger partial charge < -0.3 is 25.5 Å². The van der Waals surface area contributed by atoms with Crippen molar-refractivity contribution < 1.29 is 28.2 Å². The first-order valence-electron chi connectivity index (χ1n) is 13.3. The molecule has 0 unspecified atom stereocenters. The van der Waals surface area contributed by atoms with Crippen molar-refractivity contribution in [1.29, 1.82) is 0 Å². The molecule has 4 N–H and O–H groups in total. The number of alkyl halides is 2. The van der Waals surface area contributed by atoms with Crippen molar-refractivity contribution in [3.05, 3.63) is 41.3 Å². The molecule has 2 heterocycles. The Balaban J connectivity index is 1.41. The lowest BCUT2D eigenvalue weighted by molar-refractivity contribution is -0.125. The van der Waals surface area contributed by atoms with Gasteiger partial charge in [0.15, 0.2) is 0 Å². The standard InChI is InChI=1S/C28H33F2N5O4/c1-14-9-18(6-7-20(14)35-22(37)11-36)34-28(38)23-15(2)33-26-24(31-13-32-25(23)26)19-10-17(27(29)30)5-8-21(19)39-12-16-3-4-16/h5,8,10,13-14,16,18,20,27,33,36H,3-4,6-7,9,11-12H2,1-2H3,(H,34,38)(H,35,37)/t14-,18+,20-/m1/s1. The summed E-state index contributed by atoms with van der Waals surface area (Å²) in [5.74, 6) is 0.367. The zero-order valence-corrected chi connectivity index (χ0v) is 22.0. The summed E-state index contributed by atoms with van der Waals surface area (Å²) >= 11 is 0. The van der Waals surface area contributed by atoms with E-state index in [1.807, 2.05) is 6.92 Å². The van der Waals surface area contributed by atoms with Crippen molar-refractivity contribution >= 4 is 22.8 Å². The number of aromatic nitrogens is 3. The molecule has 0 saturated heterocycles. The van der Waals surface area contributed by atoms with Crippen LogP contribution >= 0.6 is 0 Å². The number of hydrogen-bond donors (Lipinski definition) is 4. The molecule has 5 rings (SSSR count). The van der Waals surface area contributed by atoms with Crippen LogP contribution in [0.25, 0.3) is 22.3 Å². The normalized spacial score (nSPS) is 21.2. The quantitative estimate of drug-likeness (QED) is 0.323. The van der Waals surface area contributed by atoms with E-state index < -0.39 is 18.9 Å². The van der Waals surface area contributed by atoms with Gasteiger partial charge in [0.1, 0.15) is 29.9 Å². The predicted octanol–water partition coefficient (Wildman–Crippen LogP) is 4.06. The summed E-state index contributed by atoms with van der Waals surface area (Å²) in [6, 6.07) is 4.16. The summed E-state index contributed by atoms with van der Waals surface area (Å²) in [5, 5.41) is 14.9. The Morgan fingerprint density at radius 1 is 1.18 bits per heavy atom. The van der Waals surface area contributed by atoms with E-state index in [1.165, 1.54) is 18.5 Å². The maximum Gasteiger partial charge on any atom is 0.263 e. The van der Waals surface area contributed by atoms with Crippen LogP contribution in [0.4, 0.5) is 8.78 Å².